The number of rotatable bonds is 1. The van der Waals surface area contributed by atoms with Crippen molar-refractivity contribution in [2.75, 3.05) is 0 Å². The van der Waals surface area contributed by atoms with Gasteiger partial charge >= 0.3 is 0 Å². The molecular formula is C13H10N2O4S. The first-order chi connectivity index (χ1) is 9.38. The second-order valence-electron chi connectivity index (χ2n) is 4.40. The van der Waals surface area contributed by atoms with Gasteiger partial charge in [-0.1, -0.05) is 12.1 Å². The minimum atomic E-state index is -4.43. The third-order valence-corrected chi connectivity index (χ3v) is 4.07. The Labute approximate surface area is 114 Å². The molecule has 0 fully saturated rings. The molecule has 3 rings (SSSR count). The summed E-state index contributed by atoms with van der Waals surface area (Å²) in [5, 5.41) is 10.1. The summed E-state index contributed by atoms with van der Waals surface area (Å²) in [7, 11) is -4.43. The molecule has 0 saturated heterocycles. The summed E-state index contributed by atoms with van der Waals surface area (Å²) in [5.74, 6) is -0.298. The van der Waals surface area contributed by atoms with Crippen molar-refractivity contribution in [3.63, 3.8) is 0 Å². The Morgan fingerprint density at radius 2 is 1.65 bits per heavy atom. The zero-order valence-electron chi connectivity index (χ0n) is 10.4. The highest BCUT2D eigenvalue weighted by atomic mass is 32.2. The number of fused-ring (bicyclic) bond motifs is 2. The first-order valence-corrected chi connectivity index (χ1v) is 7.18. The fraction of sp³-hybridized carbons (Fsp3) is 0.0769. The van der Waals surface area contributed by atoms with Crippen molar-refractivity contribution in [3.8, 4) is 5.75 Å². The summed E-state index contributed by atoms with van der Waals surface area (Å²) >= 11 is 0. The van der Waals surface area contributed by atoms with Gasteiger partial charge in [0.25, 0.3) is 10.1 Å². The SMILES string of the molecule is Cc1c(S(=O)(=O)O)cc2nc3ccccc3nc2c1O. The smallest absolute Gasteiger partial charge is 0.294 e. The number of para-hydroxylation sites is 2. The van der Waals surface area contributed by atoms with Gasteiger partial charge in [-0.2, -0.15) is 8.42 Å². The van der Waals surface area contributed by atoms with E-state index in [0.717, 1.165) is 0 Å². The quantitative estimate of drug-likeness (QED) is 0.525. The first kappa shape index (κ1) is 12.8. The van der Waals surface area contributed by atoms with Crippen molar-refractivity contribution in [3.05, 3.63) is 35.9 Å². The van der Waals surface area contributed by atoms with Crippen LogP contribution in [-0.2, 0) is 10.1 Å². The van der Waals surface area contributed by atoms with Crippen LogP contribution in [0.2, 0.25) is 0 Å². The van der Waals surface area contributed by atoms with Crippen molar-refractivity contribution < 1.29 is 18.1 Å². The molecule has 20 heavy (non-hydrogen) atoms. The van der Waals surface area contributed by atoms with E-state index in [2.05, 4.69) is 9.97 Å². The average molecular weight is 290 g/mol. The maximum absolute atomic E-state index is 11.3. The van der Waals surface area contributed by atoms with Gasteiger partial charge in [-0.25, -0.2) is 9.97 Å². The van der Waals surface area contributed by atoms with Crippen LogP contribution in [0.3, 0.4) is 0 Å². The van der Waals surface area contributed by atoms with E-state index in [1.807, 2.05) is 0 Å². The molecule has 0 radical (unpaired) electrons. The minimum Gasteiger partial charge on any atom is -0.505 e. The summed E-state index contributed by atoms with van der Waals surface area (Å²) in [6, 6.07) is 8.25. The van der Waals surface area contributed by atoms with Crippen LogP contribution in [-0.4, -0.2) is 28.0 Å². The molecule has 1 heterocycles. The van der Waals surface area contributed by atoms with Gasteiger partial charge < -0.3 is 5.11 Å². The molecule has 6 nitrogen and oxygen atoms in total. The Balaban J connectivity index is 2.50. The molecule has 2 N–H and O–H groups in total. The van der Waals surface area contributed by atoms with E-state index >= 15 is 0 Å². The normalized spacial score (nSPS) is 12.1. The molecule has 0 aliphatic rings. The molecule has 3 aromatic rings. The third kappa shape index (κ3) is 1.87. The molecule has 0 atom stereocenters. The Morgan fingerprint density at radius 3 is 2.25 bits per heavy atom. The van der Waals surface area contributed by atoms with E-state index in [9.17, 15) is 18.1 Å². The lowest BCUT2D eigenvalue weighted by Crippen LogP contribution is -2.02. The topological polar surface area (TPSA) is 100 Å². The van der Waals surface area contributed by atoms with Crippen LogP contribution in [0.15, 0.2) is 35.2 Å². The van der Waals surface area contributed by atoms with Crippen LogP contribution in [0.4, 0.5) is 0 Å². The van der Waals surface area contributed by atoms with Crippen molar-refractivity contribution in [2.24, 2.45) is 0 Å². The standard InChI is InChI=1S/C13H10N2O4S/c1-7-11(20(17,18)19)6-10-12(13(7)16)15-9-5-3-2-4-8(9)14-10/h2-6,16H,1H3,(H,17,18,19). The lowest BCUT2D eigenvalue weighted by molar-refractivity contribution is 0.465. The van der Waals surface area contributed by atoms with Crippen molar-refractivity contribution in [1.29, 1.82) is 0 Å². The maximum Gasteiger partial charge on any atom is 0.294 e. The zero-order valence-corrected chi connectivity index (χ0v) is 11.2. The molecule has 0 bridgehead atoms. The molecule has 0 amide bonds. The fourth-order valence-corrected chi connectivity index (χ4v) is 2.83. The lowest BCUT2D eigenvalue weighted by atomic mass is 10.1. The second kappa shape index (κ2) is 4.12. The van der Waals surface area contributed by atoms with Crippen molar-refractivity contribution in [1.82, 2.24) is 9.97 Å². The maximum atomic E-state index is 11.3. The summed E-state index contributed by atoms with van der Waals surface area (Å²) in [5.41, 5.74) is 1.62. The van der Waals surface area contributed by atoms with Crippen LogP contribution < -0.4 is 0 Å². The van der Waals surface area contributed by atoms with Gasteiger partial charge in [-0.3, -0.25) is 4.55 Å². The second-order valence-corrected chi connectivity index (χ2v) is 5.79. The number of benzene rings is 2. The van der Waals surface area contributed by atoms with Gasteiger partial charge in [0, 0.05) is 5.56 Å². The number of phenolic OH excluding ortho intramolecular Hbond substituents is 1. The van der Waals surface area contributed by atoms with Crippen molar-refractivity contribution in [2.45, 2.75) is 11.8 Å². The average Bonchev–Trinajstić information content (AvgIpc) is 2.40. The zero-order chi connectivity index (χ0) is 14.5. The number of hydrogen-bond donors (Lipinski definition) is 2. The minimum absolute atomic E-state index is 0.0459. The number of nitrogens with zero attached hydrogens (tertiary/aromatic N) is 2. The van der Waals surface area contributed by atoms with Gasteiger partial charge in [-0.15, -0.1) is 0 Å². The van der Waals surface area contributed by atoms with Crippen LogP contribution in [0, 0.1) is 6.92 Å². The monoisotopic (exact) mass is 290 g/mol. The number of aromatic hydroxyl groups is 1. The van der Waals surface area contributed by atoms with E-state index in [1.54, 1.807) is 24.3 Å². The highest BCUT2D eigenvalue weighted by molar-refractivity contribution is 7.85. The molecule has 0 spiro atoms. The summed E-state index contributed by atoms with van der Waals surface area (Å²) in [6.45, 7) is 1.40. The number of aromatic nitrogens is 2. The van der Waals surface area contributed by atoms with E-state index < -0.39 is 10.1 Å². The molecule has 0 saturated carbocycles. The Kier molecular flexibility index (Phi) is 2.63. The fourth-order valence-electron chi connectivity index (χ4n) is 2.08. The van der Waals surface area contributed by atoms with E-state index in [0.29, 0.717) is 11.0 Å². The molecule has 2 aromatic carbocycles. The molecular weight excluding hydrogens is 280 g/mol. The van der Waals surface area contributed by atoms with Crippen molar-refractivity contribution >= 4 is 32.2 Å². The number of hydrogen-bond acceptors (Lipinski definition) is 5. The highest BCUT2D eigenvalue weighted by Gasteiger charge is 2.20. The summed E-state index contributed by atoms with van der Waals surface area (Å²) in [4.78, 5) is 8.16. The van der Waals surface area contributed by atoms with Crippen LogP contribution >= 0.6 is 0 Å². The highest BCUT2D eigenvalue weighted by Crippen LogP contribution is 2.32. The number of phenols is 1. The molecule has 0 aliphatic heterocycles. The molecule has 0 aliphatic carbocycles. The Bertz CT molecular complexity index is 951. The molecule has 102 valence electrons. The molecule has 7 heteroatoms. The van der Waals surface area contributed by atoms with Gasteiger partial charge in [0.15, 0.2) is 0 Å². The summed E-state index contributed by atoms with van der Waals surface area (Å²) in [6.07, 6.45) is 0. The van der Waals surface area contributed by atoms with Gasteiger partial charge in [-0.05, 0) is 25.1 Å². The largest absolute Gasteiger partial charge is 0.505 e. The van der Waals surface area contributed by atoms with E-state index in [4.69, 9.17) is 0 Å². The lowest BCUT2D eigenvalue weighted by Gasteiger charge is -2.08. The predicted molar refractivity (Wildman–Crippen MR) is 73.3 cm³/mol. The Morgan fingerprint density at radius 1 is 1.05 bits per heavy atom. The van der Waals surface area contributed by atoms with Gasteiger partial charge in [0.1, 0.15) is 16.2 Å². The van der Waals surface area contributed by atoms with Gasteiger partial charge in [0.2, 0.25) is 0 Å². The van der Waals surface area contributed by atoms with Gasteiger partial charge in [0.05, 0.1) is 16.6 Å². The van der Waals surface area contributed by atoms with E-state index in [-0.39, 0.29) is 27.2 Å². The van der Waals surface area contributed by atoms with E-state index in [1.165, 1.54) is 13.0 Å². The molecule has 1 aromatic heterocycles. The third-order valence-electron chi connectivity index (χ3n) is 3.09. The Hall–Kier alpha value is -2.25. The summed E-state index contributed by atoms with van der Waals surface area (Å²) < 4.78 is 31.8. The van der Waals surface area contributed by atoms with Crippen LogP contribution in [0.5, 0.6) is 5.75 Å². The first-order valence-electron chi connectivity index (χ1n) is 5.74. The van der Waals surface area contributed by atoms with Crippen LogP contribution in [0.1, 0.15) is 5.56 Å². The molecule has 0 unspecified atom stereocenters. The van der Waals surface area contributed by atoms with Crippen LogP contribution in [0.25, 0.3) is 22.1 Å². The predicted octanol–water partition coefficient (Wildman–Crippen LogP) is 2.04.